The standard InChI is InChI=1S/C17H18N4/c1-11-8-12(2)17(13(3)9-11)16-10-21(20-19-16)15-6-4-14(18)5-7-15/h4-10H,18H2,1-3H3. The minimum atomic E-state index is 0.740. The molecule has 0 aliphatic rings. The van der Waals surface area contributed by atoms with Gasteiger partial charge in [-0.3, -0.25) is 0 Å². The first-order valence-electron chi connectivity index (χ1n) is 6.91. The van der Waals surface area contributed by atoms with Crippen LogP contribution in [-0.4, -0.2) is 15.0 Å². The number of rotatable bonds is 2. The summed E-state index contributed by atoms with van der Waals surface area (Å²) in [6.07, 6.45) is 1.95. The van der Waals surface area contributed by atoms with E-state index in [0.717, 1.165) is 22.6 Å². The Hall–Kier alpha value is -2.62. The van der Waals surface area contributed by atoms with Crippen LogP contribution < -0.4 is 5.73 Å². The number of aromatic nitrogens is 3. The highest BCUT2D eigenvalue weighted by Crippen LogP contribution is 2.27. The summed E-state index contributed by atoms with van der Waals surface area (Å²) < 4.78 is 1.77. The smallest absolute Gasteiger partial charge is 0.114 e. The lowest BCUT2D eigenvalue weighted by molar-refractivity contribution is 0.804. The van der Waals surface area contributed by atoms with Crippen molar-refractivity contribution in [1.29, 1.82) is 0 Å². The summed E-state index contributed by atoms with van der Waals surface area (Å²) in [5.74, 6) is 0. The zero-order valence-corrected chi connectivity index (χ0v) is 12.5. The maximum Gasteiger partial charge on any atom is 0.114 e. The molecule has 2 N–H and O–H groups in total. The van der Waals surface area contributed by atoms with E-state index in [1.54, 1.807) is 4.68 Å². The fraction of sp³-hybridized carbons (Fsp3) is 0.176. The fourth-order valence-corrected chi connectivity index (χ4v) is 2.72. The average molecular weight is 278 g/mol. The van der Waals surface area contributed by atoms with Crippen molar-refractivity contribution in [3.05, 3.63) is 59.3 Å². The van der Waals surface area contributed by atoms with Crippen LogP contribution in [0.25, 0.3) is 16.9 Å². The molecule has 0 saturated heterocycles. The van der Waals surface area contributed by atoms with Gasteiger partial charge in [0.2, 0.25) is 0 Å². The first-order valence-corrected chi connectivity index (χ1v) is 6.91. The van der Waals surface area contributed by atoms with Crippen molar-refractivity contribution in [2.75, 3.05) is 5.73 Å². The zero-order valence-electron chi connectivity index (χ0n) is 12.5. The molecular formula is C17H18N4. The Morgan fingerprint density at radius 2 is 1.57 bits per heavy atom. The highest BCUT2D eigenvalue weighted by molar-refractivity contribution is 5.67. The number of aryl methyl sites for hydroxylation is 3. The third-order valence-corrected chi connectivity index (χ3v) is 3.58. The van der Waals surface area contributed by atoms with Crippen molar-refractivity contribution in [1.82, 2.24) is 15.0 Å². The van der Waals surface area contributed by atoms with Crippen LogP contribution in [0, 0.1) is 20.8 Å². The molecule has 2 aromatic carbocycles. The minimum absolute atomic E-state index is 0.740. The second-order valence-electron chi connectivity index (χ2n) is 5.41. The number of anilines is 1. The van der Waals surface area contributed by atoms with E-state index >= 15 is 0 Å². The Morgan fingerprint density at radius 1 is 0.952 bits per heavy atom. The molecule has 0 aliphatic heterocycles. The van der Waals surface area contributed by atoms with Crippen molar-refractivity contribution >= 4 is 5.69 Å². The molecule has 3 rings (SSSR count). The second kappa shape index (κ2) is 5.05. The van der Waals surface area contributed by atoms with Gasteiger partial charge in [0.25, 0.3) is 0 Å². The van der Waals surface area contributed by atoms with Crippen LogP contribution in [0.2, 0.25) is 0 Å². The van der Waals surface area contributed by atoms with Gasteiger partial charge in [-0.15, -0.1) is 5.10 Å². The first kappa shape index (κ1) is 13.4. The van der Waals surface area contributed by atoms with E-state index in [2.05, 4.69) is 43.2 Å². The van der Waals surface area contributed by atoms with Gasteiger partial charge in [-0.1, -0.05) is 22.9 Å². The van der Waals surface area contributed by atoms with E-state index in [9.17, 15) is 0 Å². The highest BCUT2D eigenvalue weighted by atomic mass is 15.4. The number of nitrogen functional groups attached to an aromatic ring is 1. The molecule has 4 heteroatoms. The van der Waals surface area contributed by atoms with E-state index in [1.165, 1.54) is 16.7 Å². The van der Waals surface area contributed by atoms with Gasteiger partial charge in [-0.2, -0.15) is 0 Å². The monoisotopic (exact) mass is 278 g/mol. The minimum Gasteiger partial charge on any atom is -0.399 e. The first-order chi connectivity index (χ1) is 10.0. The lowest BCUT2D eigenvalue weighted by atomic mass is 9.98. The summed E-state index contributed by atoms with van der Waals surface area (Å²) in [7, 11) is 0. The largest absolute Gasteiger partial charge is 0.399 e. The molecule has 3 aromatic rings. The molecule has 0 fully saturated rings. The maximum absolute atomic E-state index is 5.71. The van der Waals surface area contributed by atoms with Crippen LogP contribution in [0.15, 0.2) is 42.6 Å². The van der Waals surface area contributed by atoms with Gasteiger partial charge in [-0.25, -0.2) is 4.68 Å². The van der Waals surface area contributed by atoms with Gasteiger partial charge in [0, 0.05) is 11.3 Å². The zero-order chi connectivity index (χ0) is 15.0. The van der Waals surface area contributed by atoms with Crippen LogP contribution in [0.4, 0.5) is 5.69 Å². The van der Waals surface area contributed by atoms with Crippen molar-refractivity contribution in [3.8, 4) is 16.9 Å². The molecule has 0 atom stereocenters. The number of hydrogen-bond acceptors (Lipinski definition) is 3. The second-order valence-corrected chi connectivity index (χ2v) is 5.41. The average Bonchev–Trinajstić information content (AvgIpc) is 2.87. The van der Waals surface area contributed by atoms with Gasteiger partial charge in [0.15, 0.2) is 0 Å². The van der Waals surface area contributed by atoms with E-state index in [4.69, 9.17) is 5.73 Å². The molecular weight excluding hydrogens is 260 g/mol. The molecule has 0 unspecified atom stereocenters. The van der Waals surface area contributed by atoms with Crippen LogP contribution in [0.3, 0.4) is 0 Å². The Labute approximate surface area is 124 Å². The predicted octanol–water partition coefficient (Wildman–Crippen LogP) is 3.44. The Morgan fingerprint density at radius 3 is 2.19 bits per heavy atom. The third kappa shape index (κ3) is 2.52. The van der Waals surface area contributed by atoms with Crippen LogP contribution in [-0.2, 0) is 0 Å². The summed E-state index contributed by atoms with van der Waals surface area (Å²) in [5, 5.41) is 8.54. The van der Waals surface area contributed by atoms with Gasteiger partial charge in [0.05, 0.1) is 11.9 Å². The van der Waals surface area contributed by atoms with E-state index in [-0.39, 0.29) is 0 Å². The quantitative estimate of drug-likeness (QED) is 0.730. The van der Waals surface area contributed by atoms with Crippen LogP contribution in [0.5, 0.6) is 0 Å². The summed E-state index contributed by atoms with van der Waals surface area (Å²) in [6, 6.07) is 11.9. The molecule has 21 heavy (non-hydrogen) atoms. The van der Waals surface area contributed by atoms with Crippen molar-refractivity contribution in [3.63, 3.8) is 0 Å². The lowest BCUT2D eigenvalue weighted by Crippen LogP contribution is -1.95. The summed E-state index contributed by atoms with van der Waals surface area (Å²) >= 11 is 0. The molecule has 106 valence electrons. The van der Waals surface area contributed by atoms with E-state index in [1.807, 2.05) is 30.5 Å². The fourth-order valence-electron chi connectivity index (χ4n) is 2.72. The van der Waals surface area contributed by atoms with Gasteiger partial charge >= 0.3 is 0 Å². The highest BCUT2D eigenvalue weighted by Gasteiger charge is 2.11. The molecule has 0 spiro atoms. The maximum atomic E-state index is 5.71. The number of benzene rings is 2. The summed E-state index contributed by atoms with van der Waals surface area (Å²) in [4.78, 5) is 0. The number of hydrogen-bond donors (Lipinski definition) is 1. The number of nitrogens with two attached hydrogens (primary N) is 1. The molecule has 1 aromatic heterocycles. The molecule has 4 nitrogen and oxygen atoms in total. The van der Waals surface area contributed by atoms with Crippen molar-refractivity contribution < 1.29 is 0 Å². The molecule has 1 heterocycles. The van der Waals surface area contributed by atoms with Gasteiger partial charge in [-0.05, 0) is 56.2 Å². The van der Waals surface area contributed by atoms with Crippen molar-refractivity contribution in [2.45, 2.75) is 20.8 Å². The normalized spacial score (nSPS) is 10.8. The molecule has 0 radical (unpaired) electrons. The van der Waals surface area contributed by atoms with E-state index < -0.39 is 0 Å². The van der Waals surface area contributed by atoms with Gasteiger partial charge < -0.3 is 5.73 Å². The topological polar surface area (TPSA) is 56.7 Å². The van der Waals surface area contributed by atoms with Crippen molar-refractivity contribution in [2.24, 2.45) is 0 Å². The molecule has 0 bridgehead atoms. The Kier molecular flexibility index (Phi) is 3.22. The summed E-state index contributed by atoms with van der Waals surface area (Å²) in [5.41, 5.74) is 13.1. The van der Waals surface area contributed by atoms with Crippen LogP contribution in [0.1, 0.15) is 16.7 Å². The number of nitrogens with zero attached hydrogens (tertiary/aromatic N) is 3. The molecule has 0 saturated carbocycles. The molecule has 0 amide bonds. The van der Waals surface area contributed by atoms with Gasteiger partial charge in [0.1, 0.15) is 5.69 Å². The summed E-state index contributed by atoms with van der Waals surface area (Å²) in [6.45, 7) is 6.32. The van der Waals surface area contributed by atoms with Crippen LogP contribution >= 0.6 is 0 Å². The lowest BCUT2D eigenvalue weighted by Gasteiger charge is -2.08. The SMILES string of the molecule is Cc1cc(C)c(-c2cn(-c3ccc(N)cc3)nn2)c(C)c1. The predicted molar refractivity (Wildman–Crippen MR) is 85.4 cm³/mol. The Balaban J connectivity index is 2.05. The Bertz CT molecular complexity index is 762. The van der Waals surface area contributed by atoms with E-state index in [0.29, 0.717) is 0 Å². The third-order valence-electron chi connectivity index (χ3n) is 3.58. The molecule has 0 aliphatic carbocycles.